The lowest BCUT2D eigenvalue weighted by Gasteiger charge is -2.26. The van der Waals surface area contributed by atoms with Crippen molar-refractivity contribution in [2.45, 2.75) is 19.3 Å². The molecular weight excluding hydrogens is 673 g/mol. The van der Waals surface area contributed by atoms with Gasteiger partial charge in [0.25, 0.3) is 0 Å². The van der Waals surface area contributed by atoms with Crippen LogP contribution in [0.3, 0.4) is 0 Å². The highest BCUT2D eigenvalue weighted by Crippen LogP contribution is 2.53. The van der Waals surface area contributed by atoms with E-state index in [1.807, 2.05) is 11.3 Å². The van der Waals surface area contributed by atoms with E-state index in [1.54, 1.807) is 0 Å². The molecule has 54 heavy (non-hydrogen) atoms. The summed E-state index contributed by atoms with van der Waals surface area (Å²) in [5.74, 6) is 0. The zero-order valence-corrected chi connectivity index (χ0v) is 30.9. The van der Waals surface area contributed by atoms with Crippen LogP contribution in [-0.4, -0.2) is 4.57 Å². The summed E-state index contributed by atoms with van der Waals surface area (Å²) in [5.41, 5.74) is 14.9. The lowest BCUT2D eigenvalue weighted by Crippen LogP contribution is -2.15. The molecular formula is C51H36N2S. The minimum atomic E-state index is -0.0969. The van der Waals surface area contributed by atoms with Crippen LogP contribution in [0.1, 0.15) is 25.0 Å². The second-order valence-electron chi connectivity index (χ2n) is 14.9. The minimum absolute atomic E-state index is 0.0969. The normalized spacial score (nSPS) is 13.1. The molecule has 0 amide bonds. The van der Waals surface area contributed by atoms with Gasteiger partial charge in [-0.1, -0.05) is 129 Å². The molecule has 11 rings (SSSR count). The number of rotatable bonds is 5. The van der Waals surface area contributed by atoms with E-state index in [4.69, 9.17) is 0 Å². The molecule has 0 atom stereocenters. The third kappa shape index (κ3) is 4.52. The standard InChI is InChI=1S/C51H36N2S/c1-51(2)44-20-9-6-15-39(44)41-31-32-46-48(49(41)51)43-17-7-10-21-45(43)53(46)37-29-27-36(28-30-37)52(34-13-4-3-5-14-34)35-25-23-33(24-26-35)38-18-12-19-42-40-16-8-11-22-47(40)54-50(38)42/h3-32H,1-2H3. The van der Waals surface area contributed by atoms with Crippen molar-refractivity contribution < 1.29 is 0 Å². The van der Waals surface area contributed by atoms with Gasteiger partial charge in [0.05, 0.1) is 11.0 Å². The van der Waals surface area contributed by atoms with Gasteiger partial charge in [-0.2, -0.15) is 0 Å². The van der Waals surface area contributed by atoms with Gasteiger partial charge in [0, 0.05) is 59.1 Å². The third-order valence-corrected chi connectivity index (χ3v) is 12.8. The lowest BCUT2D eigenvalue weighted by atomic mass is 9.80. The van der Waals surface area contributed by atoms with Crippen molar-refractivity contribution in [3.05, 3.63) is 193 Å². The zero-order valence-electron chi connectivity index (χ0n) is 30.1. The average Bonchev–Trinajstić information content (AvgIpc) is 3.85. The lowest BCUT2D eigenvalue weighted by molar-refractivity contribution is 0.666. The van der Waals surface area contributed by atoms with E-state index in [2.05, 4.69) is 205 Å². The molecule has 3 heteroatoms. The van der Waals surface area contributed by atoms with Crippen molar-refractivity contribution in [3.8, 4) is 27.9 Å². The van der Waals surface area contributed by atoms with E-state index in [-0.39, 0.29) is 5.41 Å². The first-order chi connectivity index (χ1) is 26.6. The average molecular weight is 709 g/mol. The van der Waals surface area contributed by atoms with E-state index in [0.717, 1.165) is 22.7 Å². The Morgan fingerprint density at radius 3 is 1.91 bits per heavy atom. The molecule has 0 unspecified atom stereocenters. The summed E-state index contributed by atoms with van der Waals surface area (Å²) in [6, 6.07) is 66.8. The van der Waals surface area contributed by atoms with E-state index in [9.17, 15) is 0 Å². The predicted molar refractivity (Wildman–Crippen MR) is 231 cm³/mol. The summed E-state index contributed by atoms with van der Waals surface area (Å²) in [6.45, 7) is 4.76. The second kappa shape index (κ2) is 11.8. The number of nitrogens with zero attached hydrogens (tertiary/aromatic N) is 2. The summed E-state index contributed by atoms with van der Waals surface area (Å²) in [5, 5.41) is 5.30. The Morgan fingerprint density at radius 1 is 0.463 bits per heavy atom. The Hall–Kier alpha value is -6.42. The van der Waals surface area contributed by atoms with Crippen LogP contribution in [0, 0.1) is 0 Å². The molecule has 0 bridgehead atoms. The third-order valence-electron chi connectivity index (χ3n) is 11.6. The first-order valence-electron chi connectivity index (χ1n) is 18.7. The summed E-state index contributed by atoms with van der Waals surface area (Å²) < 4.78 is 5.11. The smallest absolute Gasteiger partial charge is 0.0544 e. The molecule has 0 saturated carbocycles. The van der Waals surface area contributed by atoms with Crippen LogP contribution >= 0.6 is 11.3 Å². The van der Waals surface area contributed by atoms with Gasteiger partial charge in [0.1, 0.15) is 0 Å². The van der Waals surface area contributed by atoms with Crippen LogP contribution < -0.4 is 4.90 Å². The largest absolute Gasteiger partial charge is 0.311 e. The highest BCUT2D eigenvalue weighted by molar-refractivity contribution is 7.26. The van der Waals surface area contributed by atoms with Crippen molar-refractivity contribution in [2.75, 3.05) is 4.90 Å². The topological polar surface area (TPSA) is 8.17 Å². The minimum Gasteiger partial charge on any atom is -0.311 e. The van der Waals surface area contributed by atoms with Crippen molar-refractivity contribution in [2.24, 2.45) is 0 Å². The van der Waals surface area contributed by atoms with Gasteiger partial charge in [-0.05, 0) is 100 Å². The monoisotopic (exact) mass is 708 g/mol. The van der Waals surface area contributed by atoms with Gasteiger partial charge in [-0.3, -0.25) is 0 Å². The van der Waals surface area contributed by atoms with E-state index >= 15 is 0 Å². The number of anilines is 3. The fourth-order valence-corrected chi connectivity index (χ4v) is 10.4. The van der Waals surface area contributed by atoms with Crippen LogP contribution in [0.4, 0.5) is 17.1 Å². The Balaban J connectivity index is 1.02. The Bertz CT molecular complexity index is 3060. The van der Waals surface area contributed by atoms with Gasteiger partial charge in [0.2, 0.25) is 0 Å². The molecule has 10 aromatic rings. The van der Waals surface area contributed by atoms with Gasteiger partial charge in [0.15, 0.2) is 0 Å². The predicted octanol–water partition coefficient (Wildman–Crippen LogP) is 14.6. The van der Waals surface area contributed by atoms with Crippen molar-refractivity contribution in [3.63, 3.8) is 0 Å². The van der Waals surface area contributed by atoms with Crippen LogP contribution in [0.5, 0.6) is 0 Å². The fourth-order valence-electron chi connectivity index (χ4n) is 9.15. The number of fused-ring (bicyclic) bond motifs is 10. The molecule has 0 spiro atoms. The molecule has 0 radical (unpaired) electrons. The summed E-state index contributed by atoms with van der Waals surface area (Å²) in [7, 11) is 0. The van der Waals surface area contributed by atoms with Crippen LogP contribution in [0.15, 0.2) is 182 Å². The highest BCUT2D eigenvalue weighted by Gasteiger charge is 2.38. The molecule has 256 valence electrons. The molecule has 2 nitrogen and oxygen atoms in total. The van der Waals surface area contributed by atoms with E-state index < -0.39 is 0 Å². The molecule has 1 aliphatic rings. The highest BCUT2D eigenvalue weighted by atomic mass is 32.1. The first kappa shape index (κ1) is 31.1. The molecule has 0 fully saturated rings. The summed E-state index contributed by atoms with van der Waals surface area (Å²) in [6.07, 6.45) is 0. The van der Waals surface area contributed by atoms with Gasteiger partial charge in [-0.15, -0.1) is 11.3 Å². The Morgan fingerprint density at radius 2 is 1.09 bits per heavy atom. The van der Waals surface area contributed by atoms with Crippen molar-refractivity contribution in [1.29, 1.82) is 0 Å². The molecule has 0 N–H and O–H groups in total. The Labute approximate surface area is 318 Å². The molecule has 8 aromatic carbocycles. The number of benzene rings is 8. The molecule has 2 heterocycles. The van der Waals surface area contributed by atoms with E-state index in [1.165, 1.54) is 75.4 Å². The first-order valence-corrected chi connectivity index (χ1v) is 19.5. The van der Waals surface area contributed by atoms with Gasteiger partial charge < -0.3 is 9.47 Å². The maximum Gasteiger partial charge on any atom is 0.0544 e. The molecule has 0 aliphatic heterocycles. The maximum absolute atomic E-state index is 2.45. The zero-order chi connectivity index (χ0) is 36.0. The second-order valence-corrected chi connectivity index (χ2v) is 16.0. The molecule has 2 aromatic heterocycles. The van der Waals surface area contributed by atoms with Crippen LogP contribution in [-0.2, 0) is 5.41 Å². The molecule has 0 saturated heterocycles. The van der Waals surface area contributed by atoms with Gasteiger partial charge >= 0.3 is 0 Å². The maximum atomic E-state index is 2.45. The number of hydrogen-bond acceptors (Lipinski definition) is 2. The van der Waals surface area contributed by atoms with E-state index in [0.29, 0.717) is 0 Å². The summed E-state index contributed by atoms with van der Waals surface area (Å²) >= 11 is 1.88. The number of aromatic nitrogens is 1. The van der Waals surface area contributed by atoms with Crippen LogP contribution in [0.2, 0.25) is 0 Å². The Kier molecular flexibility index (Phi) is 6.80. The number of thiophene rings is 1. The number of hydrogen-bond donors (Lipinski definition) is 0. The van der Waals surface area contributed by atoms with Gasteiger partial charge in [-0.25, -0.2) is 0 Å². The fraction of sp³-hybridized carbons (Fsp3) is 0.0588. The quantitative estimate of drug-likeness (QED) is 0.173. The van der Waals surface area contributed by atoms with Crippen molar-refractivity contribution >= 4 is 70.4 Å². The molecule has 1 aliphatic carbocycles. The SMILES string of the molecule is CC1(C)c2ccccc2-c2ccc3c(c21)c1ccccc1n3-c1ccc(N(c2ccccc2)c2ccc(-c3cccc4c3sc3ccccc34)cc2)cc1. The van der Waals surface area contributed by atoms with Crippen LogP contribution in [0.25, 0.3) is 69.9 Å². The van der Waals surface area contributed by atoms with Crippen molar-refractivity contribution in [1.82, 2.24) is 4.57 Å². The number of para-hydroxylation sites is 2. The summed E-state index contributed by atoms with van der Waals surface area (Å²) in [4.78, 5) is 2.35.